The number of anilines is 2. The first-order valence-corrected chi connectivity index (χ1v) is 13.1. The van der Waals surface area contributed by atoms with E-state index < -0.39 is 23.2 Å². The lowest BCUT2D eigenvalue weighted by molar-refractivity contribution is -0.0206. The Morgan fingerprint density at radius 1 is 1.15 bits per heavy atom. The van der Waals surface area contributed by atoms with Gasteiger partial charge >= 0.3 is 5.97 Å². The van der Waals surface area contributed by atoms with E-state index in [1.54, 1.807) is 28.9 Å². The van der Waals surface area contributed by atoms with Crippen molar-refractivity contribution in [1.29, 1.82) is 0 Å². The molecule has 5 rings (SSSR count). The van der Waals surface area contributed by atoms with Crippen LogP contribution in [0.1, 0.15) is 28.0 Å². The van der Waals surface area contributed by atoms with Gasteiger partial charge in [0.15, 0.2) is 0 Å². The largest absolute Gasteiger partial charge is 0.491 e. The van der Waals surface area contributed by atoms with Crippen LogP contribution in [-0.2, 0) is 16.9 Å². The molecule has 4 aromatic rings. The van der Waals surface area contributed by atoms with Gasteiger partial charge in [0.25, 0.3) is 0 Å². The molecule has 3 N–H and O–H groups in total. The Kier molecular flexibility index (Phi) is 8.39. The first-order valence-electron chi connectivity index (χ1n) is 13.1. The molecule has 2 aromatic heterocycles. The molecule has 214 valence electrons. The summed E-state index contributed by atoms with van der Waals surface area (Å²) < 4.78 is 42.3. The van der Waals surface area contributed by atoms with Crippen LogP contribution >= 0.6 is 0 Å². The molecule has 0 amide bonds. The van der Waals surface area contributed by atoms with Gasteiger partial charge in [0.1, 0.15) is 41.5 Å². The quantitative estimate of drug-likeness (QED) is 0.214. The fourth-order valence-corrected chi connectivity index (χ4v) is 4.92. The number of aromatic nitrogens is 4. The second-order valence-corrected chi connectivity index (χ2v) is 9.92. The number of carboxylic acid groups (broad SMARTS) is 1. The third kappa shape index (κ3) is 6.77. The maximum atomic E-state index is 14.8. The first kappa shape index (κ1) is 28.0. The summed E-state index contributed by atoms with van der Waals surface area (Å²) in [5, 5.41) is 19.6. The van der Waals surface area contributed by atoms with E-state index >= 15 is 0 Å². The smallest absolute Gasteiger partial charge is 0.335 e. The van der Waals surface area contributed by atoms with Crippen molar-refractivity contribution in [2.75, 3.05) is 36.9 Å². The molecule has 1 aliphatic rings. The van der Waals surface area contributed by atoms with Gasteiger partial charge in [-0.3, -0.25) is 0 Å². The van der Waals surface area contributed by atoms with Crippen molar-refractivity contribution in [2.45, 2.75) is 25.5 Å². The average molecular weight is 565 g/mol. The van der Waals surface area contributed by atoms with Crippen LogP contribution in [0.5, 0.6) is 5.75 Å². The molecule has 0 saturated carbocycles. The van der Waals surface area contributed by atoms with Gasteiger partial charge in [0.05, 0.1) is 31.0 Å². The van der Waals surface area contributed by atoms with E-state index in [1.807, 2.05) is 19.1 Å². The molecule has 0 spiro atoms. The first-order chi connectivity index (χ1) is 19.8. The number of carboxylic acids is 1. The van der Waals surface area contributed by atoms with Gasteiger partial charge < -0.3 is 25.2 Å². The van der Waals surface area contributed by atoms with Crippen LogP contribution in [0.15, 0.2) is 67.3 Å². The molecular weight excluding hydrogens is 534 g/mol. The van der Waals surface area contributed by atoms with E-state index in [9.17, 15) is 13.6 Å². The van der Waals surface area contributed by atoms with Gasteiger partial charge in [0, 0.05) is 36.3 Å². The fourth-order valence-electron chi connectivity index (χ4n) is 4.92. The molecule has 0 aliphatic carbocycles. The second kappa shape index (κ2) is 12.3. The van der Waals surface area contributed by atoms with Crippen LogP contribution in [0, 0.1) is 24.5 Å². The number of hydrogen-bond acceptors (Lipinski definition) is 8. The molecular formula is C29H30F2N6O4. The number of ether oxygens (including phenoxy) is 2. The van der Waals surface area contributed by atoms with E-state index in [4.69, 9.17) is 14.6 Å². The van der Waals surface area contributed by atoms with Crippen molar-refractivity contribution < 1.29 is 28.2 Å². The lowest BCUT2D eigenvalue weighted by Gasteiger charge is -2.29. The van der Waals surface area contributed by atoms with Gasteiger partial charge in [-0.25, -0.2) is 28.2 Å². The monoisotopic (exact) mass is 564 g/mol. The minimum atomic E-state index is -1.03. The van der Waals surface area contributed by atoms with Gasteiger partial charge in [-0.2, -0.15) is 5.10 Å². The number of hydrogen-bond donors (Lipinski definition) is 3. The molecule has 1 aliphatic heterocycles. The fraction of sp³-hybridized carbons (Fsp3) is 0.310. The van der Waals surface area contributed by atoms with Gasteiger partial charge in [-0.15, -0.1) is 0 Å². The van der Waals surface area contributed by atoms with Crippen LogP contribution in [-0.4, -0.2) is 57.1 Å². The summed E-state index contributed by atoms with van der Waals surface area (Å²) >= 11 is 0. The Labute approximate surface area is 235 Å². The van der Waals surface area contributed by atoms with Crippen LogP contribution in [0.3, 0.4) is 0 Å². The molecule has 12 heteroatoms. The number of pyridine rings is 1. The minimum Gasteiger partial charge on any atom is -0.491 e. The predicted molar refractivity (Wildman–Crippen MR) is 147 cm³/mol. The average Bonchev–Trinajstić information content (AvgIpc) is 3.61. The summed E-state index contributed by atoms with van der Waals surface area (Å²) in [7, 11) is 0. The molecule has 0 unspecified atom stereocenters. The van der Waals surface area contributed by atoms with Crippen molar-refractivity contribution >= 4 is 17.5 Å². The van der Waals surface area contributed by atoms with Gasteiger partial charge in [-0.05, 0) is 55.8 Å². The Hall–Kier alpha value is -4.58. The number of carbonyl (C=O) groups is 1. The van der Waals surface area contributed by atoms with Crippen LogP contribution in [0.2, 0.25) is 0 Å². The van der Waals surface area contributed by atoms with Crippen molar-refractivity contribution in [2.24, 2.45) is 5.92 Å². The topological polar surface area (TPSA) is 123 Å². The van der Waals surface area contributed by atoms with Gasteiger partial charge in [-0.1, -0.05) is 6.07 Å². The molecule has 0 bridgehead atoms. The lowest BCUT2D eigenvalue weighted by atomic mass is 9.87. The zero-order chi connectivity index (χ0) is 28.8. The summed E-state index contributed by atoms with van der Waals surface area (Å²) in [6, 6.07) is 13.8. The van der Waals surface area contributed by atoms with Gasteiger partial charge in [0.2, 0.25) is 0 Å². The van der Waals surface area contributed by atoms with E-state index in [1.165, 1.54) is 24.8 Å². The molecule has 1 fully saturated rings. The van der Waals surface area contributed by atoms with Crippen molar-refractivity contribution in [3.63, 3.8) is 0 Å². The van der Waals surface area contributed by atoms with Crippen molar-refractivity contribution in [3.8, 4) is 5.75 Å². The maximum Gasteiger partial charge on any atom is 0.335 e. The Balaban J connectivity index is 1.15. The Bertz CT molecular complexity index is 1490. The zero-order valence-corrected chi connectivity index (χ0v) is 22.4. The standard InChI is InChI=1S/C29H30F2N6O4/c1-19-26(8-9-27(36-19)34-11-10-33-23-5-2-21(3-6-23)28(38)39)40-14-20-13-29(41-15-20,16-37-18-32-17-35-37)24-7-4-22(30)12-25(24)31/h2-9,12,17-18,20,33H,10-11,13-16H2,1H3,(H,34,36)(H,38,39)/t20-,29+/m1/s1. The number of aromatic carboxylic acids is 1. The zero-order valence-electron chi connectivity index (χ0n) is 22.4. The van der Waals surface area contributed by atoms with E-state index in [-0.39, 0.29) is 23.6 Å². The highest BCUT2D eigenvalue weighted by Crippen LogP contribution is 2.42. The summed E-state index contributed by atoms with van der Waals surface area (Å²) in [5.41, 5.74) is 1.02. The highest BCUT2D eigenvalue weighted by molar-refractivity contribution is 5.88. The van der Waals surface area contributed by atoms with Crippen molar-refractivity contribution in [3.05, 3.63) is 95.7 Å². The SMILES string of the molecule is Cc1nc(NCCNc2ccc(C(=O)O)cc2)ccc1OC[C@@H]1CO[C@@](Cn2cncn2)(c2ccc(F)cc2F)C1. The number of nitrogens with one attached hydrogen (secondary N) is 2. The summed E-state index contributed by atoms with van der Waals surface area (Å²) in [6.45, 7) is 3.97. The minimum absolute atomic E-state index is 0.0455. The summed E-state index contributed by atoms with van der Waals surface area (Å²) in [6.07, 6.45) is 3.39. The number of nitrogens with zero attached hydrogens (tertiary/aromatic N) is 4. The third-order valence-electron chi connectivity index (χ3n) is 6.92. The van der Waals surface area contributed by atoms with Crippen LogP contribution in [0.25, 0.3) is 0 Å². The Morgan fingerprint density at radius 2 is 1.95 bits per heavy atom. The summed E-state index contributed by atoms with van der Waals surface area (Å²) in [4.78, 5) is 19.5. The Morgan fingerprint density at radius 3 is 2.66 bits per heavy atom. The van der Waals surface area contributed by atoms with Crippen molar-refractivity contribution in [1.82, 2.24) is 19.7 Å². The van der Waals surface area contributed by atoms with Crippen LogP contribution in [0.4, 0.5) is 20.3 Å². The van der Waals surface area contributed by atoms with E-state index in [0.717, 1.165) is 11.8 Å². The number of benzene rings is 2. The second-order valence-electron chi connectivity index (χ2n) is 9.92. The molecule has 3 heterocycles. The number of rotatable bonds is 12. The lowest BCUT2D eigenvalue weighted by Crippen LogP contribution is -2.32. The predicted octanol–water partition coefficient (Wildman–Crippen LogP) is 4.49. The third-order valence-corrected chi connectivity index (χ3v) is 6.92. The number of halogens is 2. The van der Waals surface area contributed by atoms with E-state index in [2.05, 4.69) is 25.7 Å². The molecule has 0 radical (unpaired) electrons. The molecule has 2 aromatic carbocycles. The summed E-state index contributed by atoms with van der Waals surface area (Å²) in [5.74, 6) is -0.989. The normalized spacial score (nSPS) is 18.3. The van der Waals surface area contributed by atoms with E-state index in [0.29, 0.717) is 50.0 Å². The molecule has 1 saturated heterocycles. The highest BCUT2D eigenvalue weighted by atomic mass is 19.1. The number of aryl methyl sites for hydroxylation is 1. The van der Waals surface area contributed by atoms with Crippen LogP contribution < -0.4 is 15.4 Å². The maximum absolute atomic E-state index is 14.8. The molecule has 41 heavy (non-hydrogen) atoms. The molecule has 2 atom stereocenters. The highest BCUT2D eigenvalue weighted by Gasteiger charge is 2.44. The molecule has 10 nitrogen and oxygen atoms in total.